The van der Waals surface area contributed by atoms with E-state index in [0.717, 1.165) is 25.9 Å². The smallest absolute Gasteiger partial charge is 0.294 e. The van der Waals surface area contributed by atoms with Gasteiger partial charge in [0.15, 0.2) is 0 Å². The van der Waals surface area contributed by atoms with E-state index in [-0.39, 0.29) is 11.7 Å². The molecule has 6 heteroatoms. The number of aryl methyl sites for hydroxylation is 1. The molecule has 0 unspecified atom stereocenters. The summed E-state index contributed by atoms with van der Waals surface area (Å²) in [6.07, 6.45) is 2.05. The molecule has 0 saturated carbocycles. The second kappa shape index (κ2) is 6.01. The van der Waals surface area contributed by atoms with E-state index in [1.54, 1.807) is 37.3 Å². The van der Waals surface area contributed by atoms with E-state index in [2.05, 4.69) is 10.5 Å². The van der Waals surface area contributed by atoms with Gasteiger partial charge >= 0.3 is 0 Å². The SMILES string of the molecule is Cc1cc(C(=O)Nc2ccccc2C(=O)N2CCCC2)on1. The maximum atomic E-state index is 12.5. The van der Waals surface area contributed by atoms with Gasteiger partial charge in [-0.15, -0.1) is 0 Å². The van der Waals surface area contributed by atoms with Crippen molar-refractivity contribution in [1.29, 1.82) is 0 Å². The van der Waals surface area contributed by atoms with Gasteiger partial charge in [0.25, 0.3) is 11.8 Å². The Balaban J connectivity index is 1.82. The predicted octanol–water partition coefficient (Wildman–Crippen LogP) is 2.47. The molecule has 3 rings (SSSR count). The highest BCUT2D eigenvalue weighted by Crippen LogP contribution is 2.21. The zero-order valence-electron chi connectivity index (χ0n) is 12.3. The number of benzene rings is 1. The van der Waals surface area contributed by atoms with E-state index in [4.69, 9.17) is 4.52 Å². The van der Waals surface area contributed by atoms with Crippen LogP contribution < -0.4 is 5.32 Å². The largest absolute Gasteiger partial charge is 0.351 e. The summed E-state index contributed by atoms with van der Waals surface area (Å²) < 4.78 is 4.94. The Morgan fingerprint density at radius 3 is 2.64 bits per heavy atom. The number of nitrogens with one attached hydrogen (secondary N) is 1. The lowest BCUT2D eigenvalue weighted by molar-refractivity contribution is 0.0794. The van der Waals surface area contributed by atoms with Crippen LogP contribution in [-0.2, 0) is 0 Å². The van der Waals surface area contributed by atoms with Gasteiger partial charge in [0.2, 0.25) is 5.76 Å². The molecule has 114 valence electrons. The lowest BCUT2D eigenvalue weighted by Crippen LogP contribution is -2.28. The Morgan fingerprint density at radius 2 is 1.95 bits per heavy atom. The summed E-state index contributed by atoms with van der Waals surface area (Å²) in [7, 11) is 0. The topological polar surface area (TPSA) is 75.4 Å². The first-order valence-electron chi connectivity index (χ1n) is 7.28. The molecule has 22 heavy (non-hydrogen) atoms. The minimum Gasteiger partial charge on any atom is -0.351 e. The average molecular weight is 299 g/mol. The molecule has 6 nitrogen and oxygen atoms in total. The third-order valence-corrected chi connectivity index (χ3v) is 3.65. The molecule has 0 bridgehead atoms. The molecule has 1 aromatic carbocycles. The van der Waals surface area contributed by atoms with Crippen LogP contribution in [0.1, 0.15) is 39.4 Å². The van der Waals surface area contributed by atoms with E-state index < -0.39 is 5.91 Å². The van der Waals surface area contributed by atoms with Crippen molar-refractivity contribution < 1.29 is 14.1 Å². The van der Waals surface area contributed by atoms with Gasteiger partial charge in [-0.1, -0.05) is 17.3 Å². The van der Waals surface area contributed by atoms with Crippen LogP contribution in [0.3, 0.4) is 0 Å². The fraction of sp³-hybridized carbons (Fsp3) is 0.312. The van der Waals surface area contributed by atoms with Crippen LogP contribution in [0.15, 0.2) is 34.9 Å². The molecule has 0 aliphatic carbocycles. The van der Waals surface area contributed by atoms with Gasteiger partial charge in [-0.3, -0.25) is 9.59 Å². The number of para-hydroxylation sites is 1. The zero-order valence-corrected chi connectivity index (χ0v) is 12.3. The first-order chi connectivity index (χ1) is 10.6. The molecule has 2 amide bonds. The van der Waals surface area contributed by atoms with Crippen LogP contribution in [-0.4, -0.2) is 35.0 Å². The predicted molar refractivity (Wildman–Crippen MR) is 80.8 cm³/mol. The Labute approximate surface area is 128 Å². The van der Waals surface area contributed by atoms with E-state index >= 15 is 0 Å². The van der Waals surface area contributed by atoms with Gasteiger partial charge in [0, 0.05) is 19.2 Å². The van der Waals surface area contributed by atoms with Crippen molar-refractivity contribution in [2.75, 3.05) is 18.4 Å². The third-order valence-electron chi connectivity index (χ3n) is 3.65. The summed E-state index contributed by atoms with van der Waals surface area (Å²) in [6, 6.07) is 8.56. The third kappa shape index (κ3) is 2.86. The van der Waals surface area contributed by atoms with Gasteiger partial charge in [-0.05, 0) is 31.9 Å². The lowest BCUT2D eigenvalue weighted by Gasteiger charge is -2.17. The highest BCUT2D eigenvalue weighted by atomic mass is 16.5. The standard InChI is InChI=1S/C16H17N3O3/c1-11-10-14(22-18-11)15(20)17-13-7-3-2-6-12(13)16(21)19-8-4-5-9-19/h2-3,6-7,10H,4-5,8-9H2,1H3,(H,17,20). The highest BCUT2D eigenvalue weighted by Gasteiger charge is 2.23. The zero-order chi connectivity index (χ0) is 15.5. The van der Waals surface area contributed by atoms with Gasteiger partial charge in [0.05, 0.1) is 16.9 Å². The Kier molecular flexibility index (Phi) is 3.91. The number of hydrogen-bond acceptors (Lipinski definition) is 4. The molecule has 1 saturated heterocycles. The lowest BCUT2D eigenvalue weighted by atomic mass is 10.1. The Hall–Kier alpha value is -2.63. The molecule has 2 aromatic rings. The van der Waals surface area contributed by atoms with Crippen LogP contribution in [0.25, 0.3) is 0 Å². The molecule has 1 aliphatic heterocycles. The summed E-state index contributed by atoms with van der Waals surface area (Å²) in [5.74, 6) is -0.342. The van der Waals surface area contributed by atoms with Crippen LogP contribution >= 0.6 is 0 Å². The van der Waals surface area contributed by atoms with Crippen molar-refractivity contribution in [3.63, 3.8) is 0 Å². The van der Waals surface area contributed by atoms with Crippen LogP contribution in [0.4, 0.5) is 5.69 Å². The van der Waals surface area contributed by atoms with E-state index in [1.807, 2.05) is 4.90 Å². The molecule has 0 spiro atoms. The summed E-state index contributed by atoms with van der Waals surface area (Å²) in [5, 5.41) is 6.41. The fourth-order valence-corrected chi connectivity index (χ4v) is 2.52. The van der Waals surface area contributed by atoms with Gasteiger partial charge in [-0.2, -0.15) is 0 Å². The van der Waals surface area contributed by atoms with E-state index in [1.165, 1.54) is 0 Å². The monoisotopic (exact) mass is 299 g/mol. The van der Waals surface area contributed by atoms with Crippen molar-refractivity contribution in [3.05, 3.63) is 47.3 Å². The molecular formula is C16H17N3O3. The molecule has 1 fully saturated rings. The number of carbonyl (C=O) groups is 2. The molecule has 0 radical (unpaired) electrons. The second-order valence-electron chi connectivity index (χ2n) is 5.33. The number of amides is 2. The summed E-state index contributed by atoms with van der Waals surface area (Å²) in [5.41, 5.74) is 1.61. The maximum absolute atomic E-state index is 12.5. The molecule has 1 aromatic heterocycles. The van der Waals surface area contributed by atoms with Crippen molar-refractivity contribution in [1.82, 2.24) is 10.1 Å². The number of anilines is 1. The normalized spacial score (nSPS) is 14.1. The maximum Gasteiger partial charge on any atom is 0.294 e. The molecular weight excluding hydrogens is 282 g/mol. The van der Waals surface area contributed by atoms with E-state index in [0.29, 0.717) is 16.9 Å². The Morgan fingerprint density at radius 1 is 1.23 bits per heavy atom. The molecule has 1 aliphatic rings. The number of likely N-dealkylation sites (tertiary alicyclic amines) is 1. The molecule has 1 N–H and O–H groups in total. The van der Waals surface area contributed by atoms with Crippen molar-refractivity contribution in [2.24, 2.45) is 0 Å². The number of rotatable bonds is 3. The first kappa shape index (κ1) is 14.3. The first-order valence-corrected chi connectivity index (χ1v) is 7.28. The van der Waals surface area contributed by atoms with Crippen LogP contribution in [0, 0.1) is 6.92 Å². The number of hydrogen-bond donors (Lipinski definition) is 1. The Bertz CT molecular complexity index is 702. The molecule has 2 heterocycles. The van der Waals surface area contributed by atoms with Gasteiger partial charge < -0.3 is 14.7 Å². The average Bonchev–Trinajstić information content (AvgIpc) is 3.18. The summed E-state index contributed by atoms with van der Waals surface area (Å²) >= 11 is 0. The summed E-state index contributed by atoms with van der Waals surface area (Å²) in [4.78, 5) is 26.5. The fourth-order valence-electron chi connectivity index (χ4n) is 2.52. The number of aromatic nitrogens is 1. The minimum atomic E-state index is -0.415. The van der Waals surface area contributed by atoms with E-state index in [9.17, 15) is 9.59 Å². The van der Waals surface area contributed by atoms with Crippen LogP contribution in [0.5, 0.6) is 0 Å². The second-order valence-corrected chi connectivity index (χ2v) is 5.33. The van der Waals surface area contributed by atoms with Crippen molar-refractivity contribution >= 4 is 17.5 Å². The quantitative estimate of drug-likeness (QED) is 0.944. The molecule has 0 atom stereocenters. The van der Waals surface area contributed by atoms with Crippen molar-refractivity contribution in [2.45, 2.75) is 19.8 Å². The number of nitrogens with zero attached hydrogens (tertiary/aromatic N) is 2. The van der Waals surface area contributed by atoms with Crippen molar-refractivity contribution in [3.8, 4) is 0 Å². The van der Waals surface area contributed by atoms with Crippen LogP contribution in [0.2, 0.25) is 0 Å². The minimum absolute atomic E-state index is 0.0536. The van der Waals surface area contributed by atoms with Gasteiger partial charge in [-0.25, -0.2) is 0 Å². The number of carbonyl (C=O) groups excluding carboxylic acids is 2. The highest BCUT2D eigenvalue weighted by molar-refractivity contribution is 6.07. The van der Waals surface area contributed by atoms with Gasteiger partial charge in [0.1, 0.15) is 0 Å². The summed E-state index contributed by atoms with van der Waals surface area (Å²) in [6.45, 7) is 3.27.